The number of H-pyrrole nitrogens is 2. The Morgan fingerprint density at radius 2 is 2.11 bits per heavy atom. The van der Waals surface area contributed by atoms with Gasteiger partial charge in [-0.25, -0.2) is 0 Å². The van der Waals surface area contributed by atoms with Gasteiger partial charge in [-0.1, -0.05) is 6.92 Å². The molecule has 0 fully saturated rings. The molecule has 6 heteroatoms. The van der Waals surface area contributed by atoms with Gasteiger partial charge in [0.2, 0.25) is 5.91 Å². The molecule has 96 valence electrons. The lowest BCUT2D eigenvalue weighted by molar-refractivity contribution is -0.115. The lowest BCUT2D eigenvalue weighted by atomic mass is 10.1. The minimum atomic E-state index is -0.0863. The van der Waals surface area contributed by atoms with Gasteiger partial charge in [-0.05, 0) is 20.3 Å². The van der Waals surface area contributed by atoms with Gasteiger partial charge in [0.15, 0.2) is 5.82 Å². The van der Waals surface area contributed by atoms with Crippen molar-refractivity contribution in [3.05, 3.63) is 28.7 Å². The van der Waals surface area contributed by atoms with Gasteiger partial charge in [0.1, 0.15) is 0 Å². The number of rotatable bonds is 4. The van der Waals surface area contributed by atoms with E-state index in [2.05, 4.69) is 25.7 Å². The largest absolute Gasteiger partial charge is 0.309 e. The number of nitrogens with zero attached hydrogens (tertiary/aromatic N) is 2. The highest BCUT2D eigenvalue weighted by molar-refractivity contribution is 5.91. The number of nitrogens with one attached hydrogen (secondary N) is 3. The van der Waals surface area contributed by atoms with E-state index in [0.717, 1.165) is 29.1 Å². The Balaban J connectivity index is 2.01. The van der Waals surface area contributed by atoms with Crippen LogP contribution < -0.4 is 5.32 Å². The molecule has 0 aliphatic carbocycles. The van der Waals surface area contributed by atoms with Crippen molar-refractivity contribution in [2.75, 3.05) is 5.32 Å². The van der Waals surface area contributed by atoms with Gasteiger partial charge in [-0.3, -0.25) is 15.0 Å². The normalized spacial score (nSPS) is 10.6. The van der Waals surface area contributed by atoms with E-state index in [1.54, 1.807) is 0 Å². The Morgan fingerprint density at radius 3 is 2.67 bits per heavy atom. The zero-order valence-corrected chi connectivity index (χ0v) is 10.8. The van der Waals surface area contributed by atoms with Gasteiger partial charge in [0.05, 0.1) is 12.1 Å². The van der Waals surface area contributed by atoms with Gasteiger partial charge in [0, 0.05) is 23.0 Å². The van der Waals surface area contributed by atoms with Crippen LogP contribution in [0.5, 0.6) is 0 Å². The first-order valence-corrected chi connectivity index (χ1v) is 5.94. The van der Waals surface area contributed by atoms with E-state index in [1.807, 2.05) is 26.8 Å². The van der Waals surface area contributed by atoms with Gasteiger partial charge in [-0.2, -0.15) is 10.2 Å². The van der Waals surface area contributed by atoms with Gasteiger partial charge >= 0.3 is 0 Å². The van der Waals surface area contributed by atoms with Crippen LogP contribution in [0, 0.1) is 13.8 Å². The van der Waals surface area contributed by atoms with Gasteiger partial charge < -0.3 is 5.32 Å². The predicted octanol–water partition coefficient (Wildman–Crippen LogP) is 1.49. The van der Waals surface area contributed by atoms with E-state index in [9.17, 15) is 4.79 Å². The summed E-state index contributed by atoms with van der Waals surface area (Å²) in [6.07, 6.45) is 1.17. The number of carbonyl (C=O) groups excluding carboxylic acids is 1. The quantitative estimate of drug-likeness (QED) is 0.765. The fourth-order valence-corrected chi connectivity index (χ4v) is 1.79. The molecule has 2 heterocycles. The second-order valence-corrected chi connectivity index (χ2v) is 4.27. The van der Waals surface area contributed by atoms with Crippen LogP contribution in [0.1, 0.15) is 29.6 Å². The molecule has 0 atom stereocenters. The molecule has 18 heavy (non-hydrogen) atoms. The summed E-state index contributed by atoms with van der Waals surface area (Å²) in [6.45, 7) is 5.82. The summed E-state index contributed by atoms with van der Waals surface area (Å²) < 4.78 is 0. The number of anilines is 1. The number of aryl methyl sites for hydroxylation is 3. The van der Waals surface area contributed by atoms with Crippen LogP contribution in [0.15, 0.2) is 6.07 Å². The molecule has 0 saturated heterocycles. The van der Waals surface area contributed by atoms with Gasteiger partial charge in [-0.15, -0.1) is 0 Å². The third-order valence-corrected chi connectivity index (χ3v) is 2.90. The molecule has 0 saturated carbocycles. The average molecular weight is 247 g/mol. The van der Waals surface area contributed by atoms with Crippen molar-refractivity contribution in [1.29, 1.82) is 0 Å². The van der Waals surface area contributed by atoms with Crippen molar-refractivity contribution >= 4 is 11.7 Å². The van der Waals surface area contributed by atoms with E-state index in [4.69, 9.17) is 0 Å². The lowest BCUT2D eigenvalue weighted by Crippen LogP contribution is -2.15. The van der Waals surface area contributed by atoms with Crippen LogP contribution in [-0.2, 0) is 17.6 Å². The molecule has 0 radical (unpaired) electrons. The fourth-order valence-electron chi connectivity index (χ4n) is 1.79. The molecule has 2 aromatic rings. The van der Waals surface area contributed by atoms with Gasteiger partial charge in [0.25, 0.3) is 0 Å². The van der Waals surface area contributed by atoms with E-state index in [-0.39, 0.29) is 5.91 Å². The summed E-state index contributed by atoms with van der Waals surface area (Å²) in [7, 11) is 0. The molecule has 0 aliphatic rings. The third-order valence-electron chi connectivity index (χ3n) is 2.90. The summed E-state index contributed by atoms with van der Waals surface area (Å²) >= 11 is 0. The number of hydrogen-bond acceptors (Lipinski definition) is 3. The van der Waals surface area contributed by atoms with Crippen LogP contribution in [0.4, 0.5) is 5.82 Å². The van der Waals surface area contributed by atoms with Crippen molar-refractivity contribution in [2.45, 2.75) is 33.6 Å². The predicted molar refractivity (Wildman–Crippen MR) is 68.4 cm³/mol. The number of hydrogen-bond donors (Lipinski definition) is 3. The molecule has 3 N–H and O–H groups in total. The van der Waals surface area contributed by atoms with Crippen LogP contribution in [0.3, 0.4) is 0 Å². The molecule has 0 spiro atoms. The summed E-state index contributed by atoms with van der Waals surface area (Å²) in [5, 5.41) is 16.6. The van der Waals surface area contributed by atoms with Crippen LogP contribution in [0.25, 0.3) is 0 Å². The monoisotopic (exact) mass is 247 g/mol. The molecule has 0 aromatic carbocycles. The lowest BCUT2D eigenvalue weighted by Gasteiger charge is -2.01. The molecule has 0 bridgehead atoms. The van der Waals surface area contributed by atoms with Crippen LogP contribution >= 0.6 is 0 Å². The molecule has 0 aliphatic heterocycles. The van der Waals surface area contributed by atoms with Crippen molar-refractivity contribution < 1.29 is 4.79 Å². The summed E-state index contributed by atoms with van der Waals surface area (Å²) in [5.74, 6) is 0.479. The maximum Gasteiger partial charge on any atom is 0.230 e. The van der Waals surface area contributed by atoms with Crippen molar-refractivity contribution in [2.24, 2.45) is 0 Å². The number of aromatic amines is 2. The zero-order valence-electron chi connectivity index (χ0n) is 10.8. The number of carbonyl (C=O) groups is 1. The zero-order chi connectivity index (χ0) is 13.1. The number of amides is 1. The van der Waals surface area contributed by atoms with Crippen molar-refractivity contribution in [1.82, 2.24) is 20.4 Å². The first-order valence-electron chi connectivity index (χ1n) is 5.94. The highest BCUT2D eigenvalue weighted by Crippen LogP contribution is 2.12. The van der Waals surface area contributed by atoms with Crippen molar-refractivity contribution in [3.63, 3.8) is 0 Å². The first-order chi connectivity index (χ1) is 8.60. The van der Waals surface area contributed by atoms with E-state index in [1.165, 1.54) is 0 Å². The van der Waals surface area contributed by atoms with E-state index >= 15 is 0 Å². The molecule has 6 nitrogen and oxygen atoms in total. The summed E-state index contributed by atoms with van der Waals surface area (Å²) in [6, 6.07) is 1.84. The smallest absolute Gasteiger partial charge is 0.230 e. The van der Waals surface area contributed by atoms with Crippen molar-refractivity contribution in [3.8, 4) is 0 Å². The molecular formula is C12H17N5O. The second-order valence-electron chi connectivity index (χ2n) is 4.27. The molecule has 0 unspecified atom stereocenters. The molecule has 2 aromatic heterocycles. The Kier molecular flexibility index (Phi) is 3.45. The topological polar surface area (TPSA) is 86.5 Å². The van der Waals surface area contributed by atoms with Crippen LogP contribution in [0.2, 0.25) is 0 Å². The molecule has 1 amide bonds. The third kappa shape index (κ3) is 2.58. The highest BCUT2D eigenvalue weighted by Gasteiger charge is 2.12. The standard InChI is InChI=1S/C12H17N5O/c1-4-9-5-11(17-16-9)13-12(18)6-10-7(2)14-15-8(10)3/h5H,4,6H2,1-3H3,(H,14,15)(H2,13,16,17,18). The number of aromatic nitrogens is 4. The van der Waals surface area contributed by atoms with Crippen LogP contribution in [-0.4, -0.2) is 26.3 Å². The second kappa shape index (κ2) is 5.03. The summed E-state index contributed by atoms with van der Waals surface area (Å²) in [4.78, 5) is 11.9. The SMILES string of the molecule is CCc1cc(NC(=O)Cc2c(C)n[nH]c2C)n[nH]1. The Labute approximate surface area is 105 Å². The Bertz CT molecular complexity index is 535. The minimum Gasteiger partial charge on any atom is -0.309 e. The summed E-state index contributed by atoms with van der Waals surface area (Å²) in [5.41, 5.74) is 3.73. The minimum absolute atomic E-state index is 0.0863. The maximum atomic E-state index is 11.9. The van der Waals surface area contributed by atoms with E-state index < -0.39 is 0 Å². The molecule has 2 rings (SSSR count). The maximum absolute atomic E-state index is 11.9. The highest BCUT2D eigenvalue weighted by atomic mass is 16.1. The Hall–Kier alpha value is -2.11. The molecular weight excluding hydrogens is 230 g/mol. The Morgan fingerprint density at radius 1 is 1.33 bits per heavy atom. The first kappa shape index (κ1) is 12.3. The average Bonchev–Trinajstić information content (AvgIpc) is 2.91. The fraction of sp³-hybridized carbons (Fsp3) is 0.417. The van der Waals surface area contributed by atoms with E-state index in [0.29, 0.717) is 12.2 Å².